The standard InChI is InChI=1S/C18H18FN3O3.ClH/c19-15-6-3-5-13(10-15)17-12-20-8-9-21(17)18(23)11-14-4-1-2-7-16(14)22(24)25;/h1-7,10,17,20H,8-9,11-12H2;1H. The van der Waals surface area contributed by atoms with Crippen LogP contribution >= 0.6 is 12.4 Å². The zero-order chi connectivity index (χ0) is 17.8. The van der Waals surface area contributed by atoms with Gasteiger partial charge < -0.3 is 10.2 Å². The Balaban J connectivity index is 0.00000243. The number of amides is 1. The van der Waals surface area contributed by atoms with Gasteiger partial charge >= 0.3 is 0 Å². The summed E-state index contributed by atoms with van der Waals surface area (Å²) in [6.45, 7) is 1.63. The van der Waals surface area contributed by atoms with Gasteiger partial charge in [-0.05, 0) is 17.7 Å². The Bertz CT molecular complexity index is 803. The molecular formula is C18H19ClFN3O3. The van der Waals surface area contributed by atoms with Crippen molar-refractivity contribution in [3.05, 3.63) is 75.6 Å². The number of benzene rings is 2. The van der Waals surface area contributed by atoms with Crippen molar-refractivity contribution in [2.75, 3.05) is 19.6 Å². The van der Waals surface area contributed by atoms with Crippen molar-refractivity contribution in [3.8, 4) is 0 Å². The van der Waals surface area contributed by atoms with Crippen molar-refractivity contribution in [1.29, 1.82) is 0 Å². The van der Waals surface area contributed by atoms with Gasteiger partial charge in [0, 0.05) is 31.3 Å². The first-order valence-electron chi connectivity index (χ1n) is 8.04. The fourth-order valence-corrected chi connectivity index (χ4v) is 3.12. The second kappa shape index (κ2) is 8.73. The van der Waals surface area contributed by atoms with E-state index in [-0.39, 0.29) is 42.3 Å². The summed E-state index contributed by atoms with van der Waals surface area (Å²) < 4.78 is 13.5. The van der Waals surface area contributed by atoms with Crippen LogP contribution in [0.1, 0.15) is 17.2 Å². The van der Waals surface area contributed by atoms with Crippen LogP contribution < -0.4 is 5.32 Å². The molecule has 1 atom stereocenters. The van der Waals surface area contributed by atoms with Crippen LogP contribution in [0.2, 0.25) is 0 Å². The summed E-state index contributed by atoms with van der Waals surface area (Å²) in [6, 6.07) is 12.1. The monoisotopic (exact) mass is 379 g/mol. The number of piperazine rings is 1. The Morgan fingerprint density at radius 3 is 2.77 bits per heavy atom. The van der Waals surface area contributed by atoms with E-state index in [1.54, 1.807) is 35.2 Å². The second-order valence-corrected chi connectivity index (χ2v) is 5.92. The number of nitro groups is 1. The maximum atomic E-state index is 13.5. The van der Waals surface area contributed by atoms with Crippen LogP contribution in [-0.2, 0) is 11.2 Å². The van der Waals surface area contributed by atoms with Crippen molar-refractivity contribution in [2.24, 2.45) is 0 Å². The van der Waals surface area contributed by atoms with Crippen LogP contribution in [-0.4, -0.2) is 35.4 Å². The Hall–Kier alpha value is -2.51. The fourth-order valence-electron chi connectivity index (χ4n) is 3.12. The van der Waals surface area contributed by atoms with E-state index in [1.165, 1.54) is 18.2 Å². The lowest BCUT2D eigenvalue weighted by Crippen LogP contribution is -2.49. The maximum absolute atomic E-state index is 13.5. The molecule has 1 N–H and O–H groups in total. The normalized spacial score (nSPS) is 16.7. The summed E-state index contributed by atoms with van der Waals surface area (Å²) in [5.74, 6) is -0.556. The van der Waals surface area contributed by atoms with Crippen LogP contribution in [0.15, 0.2) is 48.5 Å². The van der Waals surface area contributed by atoms with Crippen molar-refractivity contribution < 1.29 is 14.1 Å². The van der Waals surface area contributed by atoms with Gasteiger partial charge in [-0.1, -0.05) is 30.3 Å². The number of carbonyl (C=O) groups excluding carboxylic acids is 1. The fraction of sp³-hybridized carbons (Fsp3) is 0.278. The number of rotatable bonds is 4. The molecule has 2 aromatic carbocycles. The zero-order valence-corrected chi connectivity index (χ0v) is 14.7. The minimum atomic E-state index is -0.482. The van der Waals surface area contributed by atoms with E-state index >= 15 is 0 Å². The number of hydrogen-bond acceptors (Lipinski definition) is 4. The first-order chi connectivity index (χ1) is 12.1. The van der Waals surface area contributed by atoms with Gasteiger partial charge in [-0.15, -0.1) is 12.4 Å². The van der Waals surface area contributed by atoms with Gasteiger partial charge in [0.2, 0.25) is 5.91 Å². The molecule has 0 aliphatic carbocycles. The van der Waals surface area contributed by atoms with E-state index in [4.69, 9.17) is 0 Å². The summed E-state index contributed by atoms with van der Waals surface area (Å²) in [7, 11) is 0. The quantitative estimate of drug-likeness (QED) is 0.654. The van der Waals surface area contributed by atoms with Crippen LogP contribution in [0.25, 0.3) is 0 Å². The molecule has 0 spiro atoms. The van der Waals surface area contributed by atoms with Crippen molar-refractivity contribution in [3.63, 3.8) is 0 Å². The van der Waals surface area contributed by atoms with E-state index in [2.05, 4.69) is 5.32 Å². The highest BCUT2D eigenvalue weighted by Crippen LogP contribution is 2.25. The predicted octanol–water partition coefficient (Wildman–Crippen LogP) is 2.87. The van der Waals surface area contributed by atoms with Crippen LogP contribution in [0, 0.1) is 15.9 Å². The van der Waals surface area contributed by atoms with E-state index in [9.17, 15) is 19.3 Å². The van der Waals surface area contributed by atoms with Gasteiger partial charge in [-0.25, -0.2) is 4.39 Å². The van der Waals surface area contributed by atoms with Crippen LogP contribution in [0.3, 0.4) is 0 Å². The molecule has 0 radical (unpaired) electrons. The summed E-state index contributed by atoms with van der Waals surface area (Å²) in [6.07, 6.45) is -0.0526. The Labute approximate surface area is 156 Å². The van der Waals surface area contributed by atoms with E-state index < -0.39 is 4.92 Å². The Morgan fingerprint density at radius 2 is 2.04 bits per heavy atom. The lowest BCUT2D eigenvalue weighted by Gasteiger charge is -2.36. The van der Waals surface area contributed by atoms with Gasteiger partial charge in [-0.3, -0.25) is 14.9 Å². The number of nitrogens with one attached hydrogen (secondary N) is 1. The molecule has 3 rings (SSSR count). The van der Waals surface area contributed by atoms with Crippen LogP contribution in [0.4, 0.5) is 10.1 Å². The minimum Gasteiger partial charge on any atom is -0.333 e. The summed E-state index contributed by atoms with van der Waals surface area (Å²) in [5.41, 5.74) is 1.03. The molecule has 26 heavy (non-hydrogen) atoms. The van der Waals surface area contributed by atoms with Crippen molar-refractivity contribution >= 4 is 24.0 Å². The maximum Gasteiger partial charge on any atom is 0.273 e. The molecule has 1 fully saturated rings. The third-order valence-electron chi connectivity index (χ3n) is 4.33. The number of nitro benzene ring substituents is 1. The number of para-hydroxylation sites is 1. The summed E-state index contributed by atoms with van der Waals surface area (Å²) >= 11 is 0. The molecule has 1 heterocycles. The molecule has 1 saturated heterocycles. The molecule has 1 unspecified atom stereocenters. The Morgan fingerprint density at radius 1 is 1.27 bits per heavy atom. The highest BCUT2D eigenvalue weighted by atomic mass is 35.5. The Kier molecular flexibility index (Phi) is 6.65. The van der Waals surface area contributed by atoms with Gasteiger partial charge in [0.25, 0.3) is 5.69 Å². The molecule has 1 aliphatic heterocycles. The van der Waals surface area contributed by atoms with Crippen molar-refractivity contribution in [2.45, 2.75) is 12.5 Å². The van der Waals surface area contributed by atoms with Crippen LogP contribution in [0.5, 0.6) is 0 Å². The molecule has 1 amide bonds. The third kappa shape index (κ3) is 4.36. The lowest BCUT2D eigenvalue weighted by molar-refractivity contribution is -0.385. The van der Waals surface area contributed by atoms with E-state index in [0.29, 0.717) is 30.8 Å². The SMILES string of the molecule is Cl.O=C(Cc1ccccc1[N+](=O)[O-])N1CCNCC1c1cccc(F)c1. The molecule has 0 bridgehead atoms. The first-order valence-corrected chi connectivity index (χ1v) is 8.04. The number of halogens is 2. The molecule has 1 aliphatic rings. The van der Waals surface area contributed by atoms with Gasteiger partial charge in [-0.2, -0.15) is 0 Å². The number of carbonyl (C=O) groups is 1. The van der Waals surface area contributed by atoms with Gasteiger partial charge in [0.05, 0.1) is 17.4 Å². The molecule has 8 heteroatoms. The number of nitrogens with zero attached hydrogens (tertiary/aromatic N) is 2. The van der Waals surface area contributed by atoms with Gasteiger partial charge in [0.1, 0.15) is 5.82 Å². The molecule has 0 aromatic heterocycles. The number of hydrogen-bond donors (Lipinski definition) is 1. The predicted molar refractivity (Wildman–Crippen MR) is 97.8 cm³/mol. The second-order valence-electron chi connectivity index (χ2n) is 5.92. The molecule has 2 aromatic rings. The van der Waals surface area contributed by atoms with E-state index in [0.717, 1.165) is 0 Å². The largest absolute Gasteiger partial charge is 0.333 e. The smallest absolute Gasteiger partial charge is 0.273 e. The highest BCUT2D eigenvalue weighted by molar-refractivity contribution is 5.85. The van der Waals surface area contributed by atoms with E-state index in [1.807, 2.05) is 0 Å². The molecule has 0 saturated carbocycles. The molecule has 138 valence electrons. The zero-order valence-electron chi connectivity index (χ0n) is 13.9. The summed E-state index contributed by atoms with van der Waals surface area (Å²) in [4.78, 5) is 25.1. The first kappa shape index (κ1) is 19.8. The third-order valence-corrected chi connectivity index (χ3v) is 4.33. The lowest BCUT2D eigenvalue weighted by atomic mass is 10.0. The minimum absolute atomic E-state index is 0. The highest BCUT2D eigenvalue weighted by Gasteiger charge is 2.29. The van der Waals surface area contributed by atoms with Crippen molar-refractivity contribution in [1.82, 2.24) is 10.2 Å². The molecule has 6 nitrogen and oxygen atoms in total. The average Bonchev–Trinajstić information content (AvgIpc) is 2.62. The van der Waals surface area contributed by atoms with Gasteiger partial charge in [0.15, 0.2) is 0 Å². The molecular weight excluding hydrogens is 361 g/mol. The topological polar surface area (TPSA) is 75.5 Å². The average molecular weight is 380 g/mol. The summed E-state index contributed by atoms with van der Waals surface area (Å²) in [5, 5.41) is 14.3.